The molecule has 0 amide bonds. The van der Waals surface area contributed by atoms with Crippen molar-refractivity contribution in [3.05, 3.63) is 66.1 Å². The van der Waals surface area contributed by atoms with Gasteiger partial charge in [0.15, 0.2) is 12.7 Å². The van der Waals surface area contributed by atoms with Crippen LogP contribution < -0.4 is 4.74 Å². The highest BCUT2D eigenvalue weighted by atomic mass is 16.6. The van der Waals surface area contributed by atoms with E-state index in [0.717, 1.165) is 11.1 Å². The zero-order valence-electron chi connectivity index (χ0n) is 14.0. The van der Waals surface area contributed by atoms with E-state index >= 15 is 0 Å². The Morgan fingerprint density at radius 3 is 2.52 bits per heavy atom. The predicted molar refractivity (Wildman–Crippen MR) is 90.9 cm³/mol. The summed E-state index contributed by atoms with van der Waals surface area (Å²) in [7, 11) is 0. The highest BCUT2D eigenvalue weighted by Crippen LogP contribution is 2.22. The lowest BCUT2D eigenvalue weighted by atomic mass is 10.1. The molecule has 3 rings (SSSR count). The number of aromatic nitrogens is 2. The van der Waals surface area contributed by atoms with Crippen LogP contribution in [-0.4, -0.2) is 22.8 Å². The summed E-state index contributed by atoms with van der Waals surface area (Å²) in [4.78, 5) is 11.9. The molecule has 0 spiro atoms. The fourth-order valence-electron chi connectivity index (χ4n) is 2.15. The van der Waals surface area contributed by atoms with Crippen molar-refractivity contribution < 1.29 is 18.7 Å². The Kier molecular flexibility index (Phi) is 5.09. The van der Waals surface area contributed by atoms with Crippen LogP contribution in [0.2, 0.25) is 0 Å². The first-order chi connectivity index (χ1) is 12.1. The van der Waals surface area contributed by atoms with E-state index in [4.69, 9.17) is 13.9 Å². The van der Waals surface area contributed by atoms with Gasteiger partial charge in [-0.2, -0.15) is 0 Å². The van der Waals surface area contributed by atoms with Crippen LogP contribution in [0.1, 0.15) is 24.5 Å². The Bertz CT molecular complexity index is 828. The SMILES string of the molecule is Cc1ccc(-c2nnc([C@H](C)OC(=O)COc3ccccc3)o2)cc1. The van der Waals surface area contributed by atoms with Crippen molar-refractivity contribution in [1.82, 2.24) is 10.2 Å². The number of hydrogen-bond acceptors (Lipinski definition) is 6. The summed E-state index contributed by atoms with van der Waals surface area (Å²) in [5.74, 6) is 0.722. The minimum Gasteiger partial charge on any atom is -0.482 e. The molecule has 1 heterocycles. The summed E-state index contributed by atoms with van der Waals surface area (Å²) < 4.78 is 16.2. The van der Waals surface area contributed by atoms with Gasteiger partial charge in [-0.05, 0) is 38.1 Å². The molecule has 0 saturated heterocycles. The van der Waals surface area contributed by atoms with Gasteiger partial charge in [-0.15, -0.1) is 10.2 Å². The minimum absolute atomic E-state index is 0.187. The average Bonchev–Trinajstić information content (AvgIpc) is 3.12. The van der Waals surface area contributed by atoms with Gasteiger partial charge in [0.2, 0.25) is 5.89 Å². The first-order valence-corrected chi connectivity index (χ1v) is 7.89. The van der Waals surface area contributed by atoms with Gasteiger partial charge in [0.1, 0.15) is 5.75 Å². The standard InChI is InChI=1S/C19H18N2O4/c1-13-8-10-15(11-9-13)19-21-20-18(25-19)14(2)24-17(22)12-23-16-6-4-3-5-7-16/h3-11,14H,12H2,1-2H3/t14-/m0/s1. The van der Waals surface area contributed by atoms with Crippen LogP contribution >= 0.6 is 0 Å². The number of aryl methyl sites for hydroxylation is 1. The Morgan fingerprint density at radius 2 is 1.80 bits per heavy atom. The lowest BCUT2D eigenvalue weighted by Gasteiger charge is -2.10. The average molecular weight is 338 g/mol. The summed E-state index contributed by atoms with van der Waals surface area (Å²) in [6, 6.07) is 16.8. The normalized spacial score (nSPS) is 11.8. The number of para-hydroxylation sites is 1. The van der Waals surface area contributed by atoms with Crippen molar-refractivity contribution in [2.75, 3.05) is 6.61 Å². The molecule has 0 aliphatic rings. The molecular weight excluding hydrogens is 320 g/mol. The second kappa shape index (κ2) is 7.61. The molecule has 6 nitrogen and oxygen atoms in total. The third-order valence-corrected chi connectivity index (χ3v) is 3.50. The number of carbonyl (C=O) groups is 1. The Labute approximate surface area is 145 Å². The predicted octanol–water partition coefficient (Wildman–Crippen LogP) is 3.73. The topological polar surface area (TPSA) is 74.5 Å². The first-order valence-electron chi connectivity index (χ1n) is 7.89. The van der Waals surface area contributed by atoms with Gasteiger partial charge in [0.05, 0.1) is 0 Å². The third-order valence-electron chi connectivity index (χ3n) is 3.50. The number of benzene rings is 2. The summed E-state index contributed by atoms with van der Waals surface area (Å²) in [6.07, 6.45) is -0.654. The zero-order valence-corrected chi connectivity index (χ0v) is 14.0. The van der Waals surface area contributed by atoms with Crippen molar-refractivity contribution >= 4 is 5.97 Å². The van der Waals surface area contributed by atoms with Crippen LogP contribution in [0.3, 0.4) is 0 Å². The van der Waals surface area contributed by atoms with Crippen LogP contribution in [0, 0.1) is 6.92 Å². The van der Waals surface area contributed by atoms with E-state index in [0.29, 0.717) is 11.6 Å². The van der Waals surface area contributed by atoms with Gasteiger partial charge < -0.3 is 13.9 Å². The first kappa shape index (κ1) is 16.7. The van der Waals surface area contributed by atoms with Gasteiger partial charge >= 0.3 is 5.97 Å². The van der Waals surface area contributed by atoms with E-state index in [9.17, 15) is 4.79 Å². The molecule has 0 fully saturated rings. The van der Waals surface area contributed by atoms with Crippen molar-refractivity contribution in [2.45, 2.75) is 20.0 Å². The number of carbonyl (C=O) groups excluding carboxylic acids is 1. The highest BCUT2D eigenvalue weighted by Gasteiger charge is 2.19. The lowest BCUT2D eigenvalue weighted by Crippen LogP contribution is -2.17. The van der Waals surface area contributed by atoms with Crippen molar-refractivity contribution in [3.63, 3.8) is 0 Å². The Morgan fingerprint density at radius 1 is 1.08 bits per heavy atom. The molecule has 25 heavy (non-hydrogen) atoms. The molecule has 0 saturated carbocycles. The monoisotopic (exact) mass is 338 g/mol. The molecule has 0 aliphatic carbocycles. The van der Waals surface area contributed by atoms with E-state index in [2.05, 4.69) is 10.2 Å². The van der Waals surface area contributed by atoms with Gasteiger partial charge in [0.25, 0.3) is 5.89 Å². The van der Waals surface area contributed by atoms with Crippen LogP contribution in [0.5, 0.6) is 5.75 Å². The maximum absolute atomic E-state index is 11.9. The second-order valence-corrected chi connectivity index (χ2v) is 5.55. The van der Waals surface area contributed by atoms with E-state index in [1.165, 1.54) is 0 Å². The molecule has 0 bridgehead atoms. The summed E-state index contributed by atoms with van der Waals surface area (Å²) in [5, 5.41) is 7.95. The molecule has 0 aliphatic heterocycles. The maximum Gasteiger partial charge on any atom is 0.344 e. The zero-order chi connectivity index (χ0) is 17.6. The fourth-order valence-corrected chi connectivity index (χ4v) is 2.15. The van der Waals surface area contributed by atoms with Gasteiger partial charge in [-0.3, -0.25) is 0 Å². The van der Waals surface area contributed by atoms with Crippen LogP contribution in [-0.2, 0) is 9.53 Å². The van der Waals surface area contributed by atoms with E-state index < -0.39 is 12.1 Å². The van der Waals surface area contributed by atoms with Gasteiger partial charge in [-0.25, -0.2) is 4.79 Å². The van der Waals surface area contributed by atoms with E-state index in [1.807, 2.05) is 49.4 Å². The van der Waals surface area contributed by atoms with Gasteiger partial charge in [-0.1, -0.05) is 35.9 Å². The molecule has 1 aromatic heterocycles. The Hall–Kier alpha value is -3.15. The molecule has 2 aromatic carbocycles. The summed E-state index contributed by atoms with van der Waals surface area (Å²) >= 11 is 0. The number of ether oxygens (including phenoxy) is 2. The van der Waals surface area contributed by atoms with Crippen LogP contribution in [0.15, 0.2) is 59.0 Å². The quantitative estimate of drug-likeness (QED) is 0.638. The third kappa shape index (κ3) is 4.44. The summed E-state index contributed by atoms with van der Waals surface area (Å²) in [6.45, 7) is 3.49. The highest BCUT2D eigenvalue weighted by molar-refractivity contribution is 5.71. The van der Waals surface area contributed by atoms with Crippen LogP contribution in [0.4, 0.5) is 0 Å². The van der Waals surface area contributed by atoms with Gasteiger partial charge in [0, 0.05) is 5.56 Å². The molecular formula is C19H18N2O4. The van der Waals surface area contributed by atoms with Crippen molar-refractivity contribution in [3.8, 4) is 17.2 Å². The summed E-state index contributed by atoms with van der Waals surface area (Å²) in [5.41, 5.74) is 1.96. The molecule has 0 radical (unpaired) electrons. The smallest absolute Gasteiger partial charge is 0.344 e. The number of rotatable bonds is 6. The number of nitrogens with zero attached hydrogens (tertiary/aromatic N) is 2. The molecule has 3 aromatic rings. The van der Waals surface area contributed by atoms with E-state index in [-0.39, 0.29) is 12.5 Å². The molecule has 128 valence electrons. The fraction of sp³-hybridized carbons (Fsp3) is 0.211. The van der Waals surface area contributed by atoms with Crippen LogP contribution in [0.25, 0.3) is 11.5 Å². The molecule has 6 heteroatoms. The lowest BCUT2D eigenvalue weighted by molar-refractivity contribution is -0.152. The maximum atomic E-state index is 11.9. The molecule has 1 atom stereocenters. The number of esters is 1. The number of hydrogen-bond donors (Lipinski definition) is 0. The molecule has 0 N–H and O–H groups in total. The largest absolute Gasteiger partial charge is 0.482 e. The second-order valence-electron chi connectivity index (χ2n) is 5.55. The Balaban J connectivity index is 1.57. The van der Waals surface area contributed by atoms with E-state index in [1.54, 1.807) is 19.1 Å². The molecule has 0 unspecified atom stereocenters. The van der Waals surface area contributed by atoms with Crippen molar-refractivity contribution in [2.24, 2.45) is 0 Å². The minimum atomic E-state index is -0.654. The van der Waals surface area contributed by atoms with Crippen molar-refractivity contribution in [1.29, 1.82) is 0 Å².